The molecule has 0 radical (unpaired) electrons. The van der Waals surface area contributed by atoms with Crippen LogP contribution in [0.1, 0.15) is 11.1 Å². The minimum absolute atomic E-state index is 0.0354. The van der Waals surface area contributed by atoms with E-state index in [2.05, 4.69) is 5.32 Å². The van der Waals surface area contributed by atoms with E-state index in [0.717, 1.165) is 23.4 Å². The maximum atomic E-state index is 12.0. The third kappa shape index (κ3) is 4.61. The Balaban J connectivity index is 1.91. The molecule has 0 heterocycles. The van der Waals surface area contributed by atoms with Crippen LogP contribution in [0, 0.1) is 0 Å². The molecule has 0 atom stereocenters. The SMILES string of the molecule is COc1ccc(CC(=O)Nc2ccc(CCN)cc2)cc1. The molecule has 110 valence electrons. The van der Waals surface area contributed by atoms with Gasteiger partial charge < -0.3 is 15.8 Å². The molecule has 2 aromatic rings. The van der Waals surface area contributed by atoms with Crippen LogP contribution in [0.4, 0.5) is 5.69 Å². The quantitative estimate of drug-likeness (QED) is 0.856. The summed E-state index contributed by atoms with van der Waals surface area (Å²) in [5.74, 6) is 0.751. The Hall–Kier alpha value is -2.33. The van der Waals surface area contributed by atoms with Gasteiger partial charge in [-0.1, -0.05) is 24.3 Å². The van der Waals surface area contributed by atoms with Gasteiger partial charge in [-0.3, -0.25) is 4.79 Å². The first-order valence-corrected chi connectivity index (χ1v) is 6.93. The fourth-order valence-electron chi connectivity index (χ4n) is 2.06. The molecule has 0 saturated carbocycles. The van der Waals surface area contributed by atoms with Crippen molar-refractivity contribution in [3.63, 3.8) is 0 Å². The van der Waals surface area contributed by atoms with Gasteiger partial charge in [0.15, 0.2) is 0 Å². The molecule has 0 aliphatic rings. The van der Waals surface area contributed by atoms with Crippen molar-refractivity contribution in [1.29, 1.82) is 0 Å². The van der Waals surface area contributed by atoms with Crippen LogP contribution in [0.15, 0.2) is 48.5 Å². The molecule has 2 rings (SSSR count). The van der Waals surface area contributed by atoms with Crippen molar-refractivity contribution in [2.75, 3.05) is 19.0 Å². The Morgan fingerprint density at radius 1 is 1.05 bits per heavy atom. The van der Waals surface area contributed by atoms with Gasteiger partial charge in [0.05, 0.1) is 13.5 Å². The van der Waals surface area contributed by atoms with Gasteiger partial charge in [0, 0.05) is 5.69 Å². The molecule has 4 nitrogen and oxygen atoms in total. The zero-order valence-corrected chi connectivity index (χ0v) is 12.1. The van der Waals surface area contributed by atoms with Crippen molar-refractivity contribution in [3.8, 4) is 5.75 Å². The summed E-state index contributed by atoms with van der Waals surface area (Å²) in [6, 6.07) is 15.2. The predicted molar refractivity (Wildman–Crippen MR) is 84.5 cm³/mol. The van der Waals surface area contributed by atoms with Gasteiger partial charge in [0.2, 0.25) is 5.91 Å². The van der Waals surface area contributed by atoms with Crippen LogP contribution in [0.3, 0.4) is 0 Å². The van der Waals surface area contributed by atoms with Crippen molar-refractivity contribution in [2.24, 2.45) is 5.73 Å². The maximum Gasteiger partial charge on any atom is 0.228 e. The molecule has 21 heavy (non-hydrogen) atoms. The van der Waals surface area contributed by atoms with Gasteiger partial charge in [0.25, 0.3) is 0 Å². The molecular formula is C17H20N2O2. The van der Waals surface area contributed by atoms with E-state index in [1.807, 2.05) is 48.5 Å². The minimum atomic E-state index is -0.0354. The molecule has 0 unspecified atom stereocenters. The first-order chi connectivity index (χ1) is 10.2. The van der Waals surface area contributed by atoms with Crippen molar-refractivity contribution < 1.29 is 9.53 Å². The summed E-state index contributed by atoms with van der Waals surface area (Å²) in [6.45, 7) is 0.628. The molecule has 0 aliphatic heterocycles. The molecule has 0 aromatic heterocycles. The number of ether oxygens (including phenoxy) is 1. The number of benzene rings is 2. The summed E-state index contributed by atoms with van der Waals surface area (Å²) in [7, 11) is 1.62. The summed E-state index contributed by atoms with van der Waals surface area (Å²) in [6.07, 6.45) is 1.19. The van der Waals surface area contributed by atoms with E-state index >= 15 is 0 Å². The van der Waals surface area contributed by atoms with Crippen molar-refractivity contribution >= 4 is 11.6 Å². The Morgan fingerprint density at radius 2 is 1.67 bits per heavy atom. The lowest BCUT2D eigenvalue weighted by atomic mass is 10.1. The number of methoxy groups -OCH3 is 1. The highest BCUT2D eigenvalue weighted by Gasteiger charge is 2.04. The molecule has 2 aromatic carbocycles. The van der Waals surface area contributed by atoms with E-state index in [0.29, 0.717) is 13.0 Å². The second-order valence-electron chi connectivity index (χ2n) is 4.81. The number of hydrogen-bond acceptors (Lipinski definition) is 3. The van der Waals surface area contributed by atoms with E-state index < -0.39 is 0 Å². The fourth-order valence-corrected chi connectivity index (χ4v) is 2.06. The molecule has 0 spiro atoms. The monoisotopic (exact) mass is 284 g/mol. The lowest BCUT2D eigenvalue weighted by Crippen LogP contribution is -2.14. The van der Waals surface area contributed by atoms with Crippen molar-refractivity contribution in [2.45, 2.75) is 12.8 Å². The zero-order chi connectivity index (χ0) is 15.1. The van der Waals surface area contributed by atoms with Crippen LogP contribution in [0.2, 0.25) is 0 Å². The third-order valence-electron chi connectivity index (χ3n) is 3.19. The summed E-state index contributed by atoms with van der Waals surface area (Å²) < 4.78 is 5.09. The predicted octanol–water partition coefficient (Wildman–Crippen LogP) is 2.38. The van der Waals surface area contributed by atoms with Gasteiger partial charge in [-0.15, -0.1) is 0 Å². The fraction of sp³-hybridized carbons (Fsp3) is 0.235. The molecular weight excluding hydrogens is 264 g/mol. The van der Waals surface area contributed by atoms with Gasteiger partial charge in [0.1, 0.15) is 5.75 Å². The van der Waals surface area contributed by atoms with Crippen LogP contribution < -0.4 is 15.8 Å². The summed E-state index contributed by atoms with van der Waals surface area (Å²) in [4.78, 5) is 12.0. The average Bonchev–Trinajstić information content (AvgIpc) is 2.50. The third-order valence-corrected chi connectivity index (χ3v) is 3.19. The number of nitrogens with two attached hydrogens (primary N) is 1. The normalized spacial score (nSPS) is 10.2. The first-order valence-electron chi connectivity index (χ1n) is 6.93. The smallest absolute Gasteiger partial charge is 0.228 e. The van der Waals surface area contributed by atoms with Crippen LogP contribution in [0.5, 0.6) is 5.75 Å². The number of carbonyl (C=O) groups is 1. The highest BCUT2D eigenvalue weighted by Crippen LogP contribution is 2.13. The molecule has 0 bridgehead atoms. The van der Waals surface area contributed by atoms with Crippen LogP contribution in [-0.2, 0) is 17.6 Å². The number of anilines is 1. The van der Waals surface area contributed by atoms with Crippen LogP contribution in [0.25, 0.3) is 0 Å². The van der Waals surface area contributed by atoms with Gasteiger partial charge in [-0.05, 0) is 48.4 Å². The Kier molecular flexibility index (Phi) is 5.35. The number of rotatable bonds is 6. The van der Waals surface area contributed by atoms with E-state index in [1.165, 1.54) is 5.56 Å². The first kappa shape index (κ1) is 15.1. The van der Waals surface area contributed by atoms with E-state index in [4.69, 9.17) is 10.5 Å². The van der Waals surface area contributed by atoms with Gasteiger partial charge >= 0.3 is 0 Å². The zero-order valence-electron chi connectivity index (χ0n) is 12.1. The highest BCUT2D eigenvalue weighted by atomic mass is 16.5. The molecule has 1 amide bonds. The second kappa shape index (κ2) is 7.45. The second-order valence-corrected chi connectivity index (χ2v) is 4.81. The van der Waals surface area contributed by atoms with E-state index in [-0.39, 0.29) is 5.91 Å². The van der Waals surface area contributed by atoms with E-state index in [1.54, 1.807) is 7.11 Å². The molecule has 0 saturated heterocycles. The summed E-state index contributed by atoms with van der Waals surface area (Å²) in [5.41, 5.74) is 8.43. The minimum Gasteiger partial charge on any atom is -0.497 e. The molecule has 0 fully saturated rings. The average molecular weight is 284 g/mol. The standard InChI is InChI=1S/C17H20N2O2/c1-21-16-8-4-14(5-9-16)12-17(20)19-15-6-2-13(3-7-15)10-11-18/h2-9H,10-12,18H2,1H3,(H,19,20). The molecule has 3 N–H and O–H groups in total. The number of carbonyl (C=O) groups excluding carboxylic acids is 1. The Morgan fingerprint density at radius 3 is 2.24 bits per heavy atom. The van der Waals surface area contributed by atoms with Crippen molar-refractivity contribution in [1.82, 2.24) is 0 Å². The number of hydrogen-bond donors (Lipinski definition) is 2. The topological polar surface area (TPSA) is 64.3 Å². The molecule has 0 aliphatic carbocycles. The Bertz CT molecular complexity index is 577. The lowest BCUT2D eigenvalue weighted by molar-refractivity contribution is -0.115. The van der Waals surface area contributed by atoms with Crippen LogP contribution >= 0.6 is 0 Å². The van der Waals surface area contributed by atoms with Gasteiger partial charge in [-0.2, -0.15) is 0 Å². The number of amides is 1. The van der Waals surface area contributed by atoms with E-state index in [9.17, 15) is 4.79 Å². The number of nitrogens with one attached hydrogen (secondary N) is 1. The highest BCUT2D eigenvalue weighted by molar-refractivity contribution is 5.92. The maximum absolute atomic E-state index is 12.0. The van der Waals surface area contributed by atoms with Gasteiger partial charge in [-0.25, -0.2) is 0 Å². The lowest BCUT2D eigenvalue weighted by Gasteiger charge is -2.07. The van der Waals surface area contributed by atoms with Crippen molar-refractivity contribution in [3.05, 3.63) is 59.7 Å². The van der Waals surface area contributed by atoms with Crippen LogP contribution in [-0.4, -0.2) is 19.6 Å². The molecule has 4 heteroatoms. The summed E-state index contributed by atoms with van der Waals surface area (Å²) >= 11 is 0. The summed E-state index contributed by atoms with van der Waals surface area (Å²) in [5, 5.41) is 2.89. The largest absolute Gasteiger partial charge is 0.497 e. The Labute approximate surface area is 124 Å².